The van der Waals surface area contributed by atoms with Crippen LogP contribution in [0.4, 0.5) is 0 Å². The van der Waals surface area contributed by atoms with Crippen LogP contribution in [0.5, 0.6) is 5.75 Å². The molecular formula is C28H32N2O5. The topological polar surface area (TPSA) is 96.8 Å². The first-order valence-electron chi connectivity index (χ1n) is 11.0. The molecule has 0 aliphatic carbocycles. The number of nitrogens with zero attached hydrogens (tertiary/aromatic N) is 1. The maximum absolute atomic E-state index is 11.8. The van der Waals surface area contributed by atoms with Crippen molar-refractivity contribution in [3.8, 4) is 16.9 Å². The summed E-state index contributed by atoms with van der Waals surface area (Å²) in [6, 6.07) is 15.8. The summed E-state index contributed by atoms with van der Waals surface area (Å²) in [6.07, 6.45) is 1.90. The molecule has 0 spiro atoms. The summed E-state index contributed by atoms with van der Waals surface area (Å²) in [5, 5.41) is 0.952. The fourth-order valence-corrected chi connectivity index (χ4v) is 3.87. The number of fused-ring (bicyclic) bond motifs is 1. The minimum absolute atomic E-state index is 0. The van der Waals surface area contributed by atoms with Gasteiger partial charge in [-0.05, 0) is 60.0 Å². The molecule has 0 bridgehead atoms. The highest BCUT2D eigenvalue weighted by Gasteiger charge is 2.15. The number of hydrogen-bond acceptors (Lipinski definition) is 7. The molecule has 4 aromatic rings. The van der Waals surface area contributed by atoms with Gasteiger partial charge in [-0.15, -0.1) is 0 Å². The first-order valence-corrected chi connectivity index (χ1v) is 11.0. The molecule has 2 N–H and O–H groups in total. The van der Waals surface area contributed by atoms with Crippen molar-refractivity contribution in [2.75, 3.05) is 14.2 Å². The van der Waals surface area contributed by atoms with Gasteiger partial charge in [0, 0.05) is 36.4 Å². The number of hydrogen-bond donors (Lipinski definition) is 1. The Morgan fingerprint density at radius 2 is 1.89 bits per heavy atom. The van der Waals surface area contributed by atoms with Gasteiger partial charge in [-0.25, -0.2) is 0 Å². The number of nitrogens with two attached hydrogens (primary N) is 1. The maximum atomic E-state index is 11.8. The normalized spacial score (nSPS) is 10.7. The molecule has 0 radical (unpaired) electrons. The second kappa shape index (κ2) is 11.6. The third kappa shape index (κ3) is 6.07. The Morgan fingerprint density at radius 1 is 1.06 bits per heavy atom. The van der Waals surface area contributed by atoms with E-state index in [0.29, 0.717) is 25.5 Å². The van der Waals surface area contributed by atoms with Gasteiger partial charge in [-0.2, -0.15) is 0 Å². The van der Waals surface area contributed by atoms with Crippen LogP contribution in [0.1, 0.15) is 35.6 Å². The van der Waals surface area contributed by atoms with E-state index in [-0.39, 0.29) is 19.8 Å². The highest BCUT2D eigenvalue weighted by Crippen LogP contribution is 2.34. The van der Waals surface area contributed by atoms with Crippen LogP contribution in [0.2, 0.25) is 0 Å². The number of furan rings is 1. The van der Waals surface area contributed by atoms with Gasteiger partial charge < -0.3 is 24.4 Å². The summed E-state index contributed by atoms with van der Waals surface area (Å²) >= 11 is 0. The minimum Gasteiger partial charge on any atom is -0.489 e. The van der Waals surface area contributed by atoms with Crippen LogP contribution in [-0.2, 0) is 40.4 Å². The van der Waals surface area contributed by atoms with E-state index in [0.717, 1.165) is 50.2 Å². The Bertz CT molecular complexity index is 1310. The highest BCUT2D eigenvalue weighted by atomic mass is 16.5. The van der Waals surface area contributed by atoms with Crippen molar-refractivity contribution in [1.29, 1.82) is 0 Å². The molecule has 0 amide bonds. The molecule has 0 atom stereocenters. The SMILES string of the molecule is C.COCc1cc2cc(COc3cc(C)ccc3CC(=O)OC)cc(-c3ccnc(CN)c3)c2o1. The maximum Gasteiger partial charge on any atom is 0.310 e. The minimum atomic E-state index is -0.310. The fourth-order valence-electron chi connectivity index (χ4n) is 3.87. The fraction of sp³-hybridized carbons (Fsp3) is 0.286. The van der Waals surface area contributed by atoms with Gasteiger partial charge >= 0.3 is 5.97 Å². The largest absolute Gasteiger partial charge is 0.489 e. The lowest BCUT2D eigenvalue weighted by molar-refractivity contribution is -0.139. The summed E-state index contributed by atoms with van der Waals surface area (Å²) in [6.45, 7) is 3.04. The number of benzene rings is 2. The second-order valence-corrected chi connectivity index (χ2v) is 8.10. The number of rotatable bonds is 9. The van der Waals surface area contributed by atoms with Crippen molar-refractivity contribution in [3.63, 3.8) is 0 Å². The van der Waals surface area contributed by atoms with Crippen molar-refractivity contribution < 1.29 is 23.4 Å². The van der Waals surface area contributed by atoms with Crippen molar-refractivity contribution >= 4 is 16.9 Å². The summed E-state index contributed by atoms with van der Waals surface area (Å²) < 4.78 is 22.4. The molecule has 0 fully saturated rings. The van der Waals surface area contributed by atoms with Crippen LogP contribution >= 0.6 is 0 Å². The van der Waals surface area contributed by atoms with Crippen molar-refractivity contribution in [1.82, 2.24) is 4.98 Å². The number of ether oxygens (including phenoxy) is 3. The molecule has 7 heteroatoms. The van der Waals surface area contributed by atoms with Gasteiger partial charge in [0.2, 0.25) is 0 Å². The number of carbonyl (C=O) groups excluding carboxylic acids is 1. The lowest BCUT2D eigenvalue weighted by Crippen LogP contribution is -2.07. The predicted molar refractivity (Wildman–Crippen MR) is 136 cm³/mol. The molecule has 7 nitrogen and oxygen atoms in total. The number of esters is 1. The summed E-state index contributed by atoms with van der Waals surface area (Å²) in [5.41, 5.74) is 12.1. The van der Waals surface area contributed by atoms with Gasteiger partial charge in [-0.1, -0.05) is 19.6 Å². The smallest absolute Gasteiger partial charge is 0.310 e. The predicted octanol–water partition coefficient (Wildman–Crippen LogP) is 5.34. The molecule has 0 saturated heterocycles. The van der Waals surface area contributed by atoms with Gasteiger partial charge in [-0.3, -0.25) is 9.78 Å². The average Bonchev–Trinajstić information content (AvgIpc) is 3.26. The Hall–Kier alpha value is -3.68. The third-order valence-corrected chi connectivity index (χ3v) is 5.53. The van der Waals surface area contributed by atoms with Gasteiger partial charge in [0.1, 0.15) is 30.3 Å². The van der Waals surface area contributed by atoms with E-state index in [9.17, 15) is 4.79 Å². The molecule has 0 saturated carbocycles. The van der Waals surface area contributed by atoms with E-state index >= 15 is 0 Å². The number of pyridine rings is 1. The van der Waals surface area contributed by atoms with Crippen LogP contribution < -0.4 is 10.5 Å². The van der Waals surface area contributed by atoms with Crippen molar-refractivity contribution in [3.05, 3.63) is 82.9 Å². The molecule has 4 rings (SSSR count). The Labute approximate surface area is 205 Å². The van der Waals surface area contributed by atoms with E-state index in [1.165, 1.54) is 7.11 Å². The standard InChI is InChI=1S/C27H28N2O5.CH4/c1-17-4-5-20(13-26(30)32-3)25(8-17)33-15-18-9-21-12-23(16-31-2)34-27(21)24(10-18)19-6-7-29-22(11-19)14-28;/h4-12H,13-16,28H2,1-3H3;1H4. The van der Waals surface area contributed by atoms with E-state index in [4.69, 9.17) is 24.4 Å². The van der Waals surface area contributed by atoms with E-state index in [1.807, 2.05) is 55.5 Å². The summed E-state index contributed by atoms with van der Waals surface area (Å²) in [4.78, 5) is 16.1. The van der Waals surface area contributed by atoms with Crippen LogP contribution in [0.15, 0.2) is 59.1 Å². The lowest BCUT2D eigenvalue weighted by Gasteiger charge is -2.13. The van der Waals surface area contributed by atoms with Gasteiger partial charge in [0.25, 0.3) is 0 Å². The van der Waals surface area contributed by atoms with Crippen LogP contribution in [0, 0.1) is 6.92 Å². The molecule has 2 aromatic carbocycles. The molecule has 0 aliphatic rings. The number of methoxy groups -OCH3 is 2. The lowest BCUT2D eigenvalue weighted by atomic mass is 10.0. The molecule has 35 heavy (non-hydrogen) atoms. The van der Waals surface area contributed by atoms with E-state index in [2.05, 4.69) is 4.98 Å². The molecular weight excluding hydrogens is 444 g/mol. The van der Waals surface area contributed by atoms with Crippen LogP contribution in [-0.4, -0.2) is 25.2 Å². The third-order valence-electron chi connectivity index (χ3n) is 5.53. The van der Waals surface area contributed by atoms with E-state index < -0.39 is 0 Å². The molecule has 2 aromatic heterocycles. The molecule has 0 unspecified atom stereocenters. The van der Waals surface area contributed by atoms with Gasteiger partial charge in [0.15, 0.2) is 0 Å². The van der Waals surface area contributed by atoms with E-state index in [1.54, 1.807) is 13.3 Å². The molecule has 0 aliphatic heterocycles. The summed E-state index contributed by atoms with van der Waals surface area (Å²) in [7, 11) is 3.02. The highest BCUT2D eigenvalue weighted by molar-refractivity contribution is 5.93. The first-order chi connectivity index (χ1) is 16.5. The number of aromatic nitrogens is 1. The summed E-state index contributed by atoms with van der Waals surface area (Å²) in [5.74, 6) is 1.09. The van der Waals surface area contributed by atoms with Crippen LogP contribution in [0.25, 0.3) is 22.1 Å². The zero-order valence-electron chi connectivity index (χ0n) is 19.6. The molecule has 2 heterocycles. The number of carbonyl (C=O) groups is 1. The zero-order chi connectivity index (χ0) is 24.1. The Kier molecular flexibility index (Phi) is 8.63. The molecule has 184 valence electrons. The second-order valence-electron chi connectivity index (χ2n) is 8.10. The Morgan fingerprint density at radius 3 is 2.63 bits per heavy atom. The Balaban J connectivity index is 0.00000342. The average molecular weight is 477 g/mol. The van der Waals surface area contributed by atoms with Crippen LogP contribution in [0.3, 0.4) is 0 Å². The van der Waals surface area contributed by atoms with Gasteiger partial charge in [0.05, 0.1) is 19.2 Å². The van der Waals surface area contributed by atoms with Crippen molar-refractivity contribution in [2.24, 2.45) is 5.73 Å². The zero-order valence-corrected chi connectivity index (χ0v) is 19.6. The monoisotopic (exact) mass is 476 g/mol. The van der Waals surface area contributed by atoms with Crippen molar-refractivity contribution in [2.45, 2.75) is 40.5 Å². The quantitative estimate of drug-likeness (QED) is 0.326. The first kappa shape index (κ1) is 25.9. The number of aryl methyl sites for hydroxylation is 1.